The van der Waals surface area contributed by atoms with Gasteiger partial charge in [0.15, 0.2) is 0 Å². The van der Waals surface area contributed by atoms with Crippen molar-refractivity contribution >= 4 is 59.2 Å². The van der Waals surface area contributed by atoms with Crippen LogP contribution in [0.2, 0.25) is 0 Å². The van der Waals surface area contributed by atoms with Gasteiger partial charge in [0.25, 0.3) is 52.7 Å². The molecule has 0 saturated carbocycles. The van der Waals surface area contributed by atoms with Crippen LogP contribution in [-0.4, -0.2) is 106 Å². The van der Waals surface area contributed by atoms with E-state index in [1.165, 1.54) is 74.8 Å². The van der Waals surface area contributed by atoms with Gasteiger partial charge in [-0.25, -0.2) is 9.59 Å². The number of nitrogens with zero attached hydrogens (tertiary/aromatic N) is 4. The van der Waals surface area contributed by atoms with Crippen LogP contribution in [0.15, 0.2) is 60.7 Å². The fraction of sp³-hybridized carbons (Fsp3) is 0.200. The molecule has 0 bridgehead atoms. The summed E-state index contributed by atoms with van der Waals surface area (Å²) in [5, 5.41) is 0. The third kappa shape index (κ3) is 4.98. The van der Waals surface area contributed by atoms with E-state index in [1.54, 1.807) is 13.8 Å². The molecule has 4 aliphatic rings. The predicted octanol–water partition coefficient (Wildman–Crippen LogP) is 1.33. The molecular weight excluding hydrogens is 668 g/mol. The number of fused-ring (bicyclic) bond motifs is 2. The molecule has 0 radical (unpaired) electrons. The third-order valence-electron chi connectivity index (χ3n) is 8.79. The number of amides is 8. The molecule has 3 aromatic rings. The molecule has 1 spiro atoms. The molecule has 8 amide bonds. The summed E-state index contributed by atoms with van der Waals surface area (Å²) in [6, 6.07) is 13.9. The van der Waals surface area contributed by atoms with Crippen molar-refractivity contribution in [3.8, 4) is 11.5 Å². The maximum atomic E-state index is 12.6. The second-order valence-electron chi connectivity index (χ2n) is 11.6. The first-order chi connectivity index (χ1) is 24.2. The van der Waals surface area contributed by atoms with Crippen molar-refractivity contribution in [2.24, 2.45) is 5.41 Å². The molecule has 258 valence electrons. The summed E-state index contributed by atoms with van der Waals surface area (Å²) >= 11 is 0. The van der Waals surface area contributed by atoms with Crippen molar-refractivity contribution in [3.63, 3.8) is 0 Å². The molecule has 0 atom stereocenters. The van der Waals surface area contributed by atoms with E-state index in [0.29, 0.717) is 0 Å². The van der Waals surface area contributed by atoms with Crippen molar-refractivity contribution in [3.05, 3.63) is 94.0 Å². The highest BCUT2D eigenvalue weighted by molar-refractivity contribution is 6.52. The highest BCUT2D eigenvalue weighted by Crippen LogP contribution is 2.43. The fourth-order valence-electron chi connectivity index (χ4n) is 5.92. The SMILES string of the molecule is CCN1C(=O)C2(C(=O)N(C)C2=O)C1=O.CCN1C(=O)c2ccc(C(=O)Oc3ccc(OC(=O)c4ccc5c(c4)C(=O)N(C)C5=O)cc3)cc2C1=O. The van der Waals surface area contributed by atoms with Crippen LogP contribution in [0, 0.1) is 5.41 Å². The zero-order valence-corrected chi connectivity index (χ0v) is 27.4. The average Bonchev–Trinajstić information content (AvgIpc) is 3.51. The Kier molecular flexibility index (Phi) is 8.17. The minimum Gasteiger partial charge on any atom is -0.423 e. The van der Waals surface area contributed by atoms with Crippen molar-refractivity contribution in [1.82, 2.24) is 19.6 Å². The Bertz CT molecular complexity index is 2140. The number of hydrogen-bond donors (Lipinski definition) is 0. The zero-order valence-electron chi connectivity index (χ0n) is 27.4. The van der Waals surface area contributed by atoms with Gasteiger partial charge in [-0.2, -0.15) is 0 Å². The lowest BCUT2D eigenvalue weighted by molar-refractivity contribution is -0.198. The first-order valence-electron chi connectivity index (χ1n) is 15.4. The normalized spacial score (nSPS) is 16.9. The maximum absolute atomic E-state index is 12.6. The Hall–Kier alpha value is -6.84. The average molecular weight is 695 g/mol. The van der Waals surface area contributed by atoms with E-state index in [-0.39, 0.29) is 58.0 Å². The Morgan fingerprint density at radius 3 is 1.35 bits per heavy atom. The van der Waals surface area contributed by atoms with Gasteiger partial charge in [-0.05, 0) is 74.5 Å². The minimum absolute atomic E-state index is 0.0944. The molecule has 0 N–H and O–H groups in total. The lowest BCUT2D eigenvalue weighted by Gasteiger charge is -2.51. The van der Waals surface area contributed by atoms with Gasteiger partial charge in [-0.1, -0.05) is 0 Å². The molecule has 2 fully saturated rings. The van der Waals surface area contributed by atoms with Gasteiger partial charge in [0, 0.05) is 27.2 Å². The van der Waals surface area contributed by atoms with E-state index in [1.807, 2.05) is 0 Å². The molecule has 0 aliphatic carbocycles. The van der Waals surface area contributed by atoms with Crippen LogP contribution in [0.25, 0.3) is 0 Å². The summed E-state index contributed by atoms with van der Waals surface area (Å²) in [7, 11) is 2.62. The number of carbonyl (C=O) groups excluding carboxylic acids is 10. The van der Waals surface area contributed by atoms with Crippen molar-refractivity contribution in [2.45, 2.75) is 13.8 Å². The van der Waals surface area contributed by atoms with Crippen LogP contribution in [0.5, 0.6) is 11.5 Å². The largest absolute Gasteiger partial charge is 0.423 e. The number of benzene rings is 3. The van der Waals surface area contributed by atoms with Crippen molar-refractivity contribution < 1.29 is 57.4 Å². The molecule has 2 saturated heterocycles. The Labute approximate surface area is 288 Å². The quantitative estimate of drug-likeness (QED) is 0.118. The van der Waals surface area contributed by atoms with Crippen LogP contribution in [0.3, 0.4) is 0 Å². The second-order valence-corrected chi connectivity index (χ2v) is 11.6. The number of esters is 2. The summed E-state index contributed by atoms with van der Waals surface area (Å²) in [6.07, 6.45) is 0. The fourth-order valence-corrected chi connectivity index (χ4v) is 5.92. The molecule has 51 heavy (non-hydrogen) atoms. The lowest BCUT2D eigenvalue weighted by Crippen LogP contribution is -2.83. The first kappa shape index (κ1) is 34.0. The smallest absolute Gasteiger partial charge is 0.343 e. The van der Waals surface area contributed by atoms with Crippen LogP contribution in [0.4, 0.5) is 0 Å². The van der Waals surface area contributed by atoms with E-state index in [4.69, 9.17) is 9.47 Å². The minimum atomic E-state index is -1.98. The van der Waals surface area contributed by atoms with E-state index >= 15 is 0 Å². The predicted molar refractivity (Wildman–Crippen MR) is 169 cm³/mol. The summed E-state index contributed by atoms with van der Waals surface area (Å²) in [5.74, 6) is -5.73. The summed E-state index contributed by atoms with van der Waals surface area (Å²) in [6.45, 7) is 3.72. The molecule has 4 heterocycles. The number of likely N-dealkylation sites (tertiary alicyclic amines) is 2. The Balaban J connectivity index is 0.000000267. The van der Waals surface area contributed by atoms with E-state index in [2.05, 4.69) is 0 Å². The number of imide groups is 4. The van der Waals surface area contributed by atoms with E-state index in [0.717, 1.165) is 19.6 Å². The van der Waals surface area contributed by atoms with Gasteiger partial charge in [0.2, 0.25) is 0 Å². The van der Waals surface area contributed by atoms with Crippen LogP contribution < -0.4 is 9.47 Å². The van der Waals surface area contributed by atoms with Gasteiger partial charge in [-0.3, -0.25) is 58.0 Å². The highest BCUT2D eigenvalue weighted by atomic mass is 16.5. The van der Waals surface area contributed by atoms with Crippen LogP contribution in [-0.2, 0) is 19.2 Å². The van der Waals surface area contributed by atoms with E-state index < -0.39 is 64.6 Å². The molecule has 7 rings (SSSR count). The number of carbonyl (C=O) groups is 10. The first-order valence-corrected chi connectivity index (χ1v) is 15.4. The van der Waals surface area contributed by atoms with Gasteiger partial charge >= 0.3 is 11.9 Å². The molecule has 3 aromatic carbocycles. The number of ether oxygens (including phenoxy) is 2. The monoisotopic (exact) mass is 694 g/mol. The van der Waals surface area contributed by atoms with Crippen LogP contribution in [0.1, 0.15) is 76.0 Å². The van der Waals surface area contributed by atoms with Gasteiger partial charge in [0.05, 0.1) is 33.4 Å². The summed E-state index contributed by atoms with van der Waals surface area (Å²) in [5.41, 5.74) is -1.05. The molecule has 16 heteroatoms. The number of β-lactam (4-membered cyclic amide) rings is 4. The molecule has 0 unspecified atom stereocenters. The van der Waals surface area contributed by atoms with Crippen LogP contribution >= 0.6 is 0 Å². The Morgan fingerprint density at radius 1 is 0.510 bits per heavy atom. The molecule has 16 nitrogen and oxygen atoms in total. The number of rotatable bonds is 6. The molecular formula is C35H26N4O12. The lowest BCUT2D eigenvalue weighted by atomic mass is 9.69. The van der Waals surface area contributed by atoms with Gasteiger partial charge in [-0.15, -0.1) is 0 Å². The standard InChI is InChI=1S/C27H18N2O8.C8H8N2O4/c1-3-29-24(32)19-11-5-15(13-21(19)25(29)33)27(35)37-17-8-6-16(7-9-17)36-26(34)14-4-10-18-20(12-14)23(31)28(2)22(18)30;1-3-10-6(13)8(7(10)14)4(11)9(2)5(8)12/h4-13H,3H2,1-2H3;3H2,1-2H3. The number of hydrogen-bond acceptors (Lipinski definition) is 12. The highest BCUT2D eigenvalue weighted by Gasteiger charge is 2.79. The van der Waals surface area contributed by atoms with Gasteiger partial charge in [0.1, 0.15) is 11.5 Å². The van der Waals surface area contributed by atoms with Crippen molar-refractivity contribution in [1.29, 1.82) is 0 Å². The second kappa shape index (κ2) is 12.2. The van der Waals surface area contributed by atoms with Gasteiger partial charge < -0.3 is 9.47 Å². The van der Waals surface area contributed by atoms with E-state index in [9.17, 15) is 47.9 Å². The van der Waals surface area contributed by atoms with Crippen molar-refractivity contribution in [2.75, 3.05) is 27.2 Å². The third-order valence-corrected chi connectivity index (χ3v) is 8.79. The maximum Gasteiger partial charge on any atom is 0.343 e. The topological polar surface area (TPSA) is 202 Å². The zero-order chi connectivity index (χ0) is 37.1. The summed E-state index contributed by atoms with van der Waals surface area (Å²) in [4.78, 5) is 123. The molecule has 0 aromatic heterocycles. The molecule has 4 aliphatic heterocycles. The Morgan fingerprint density at radius 2 is 0.902 bits per heavy atom. The summed E-state index contributed by atoms with van der Waals surface area (Å²) < 4.78 is 10.7.